The number of phenolic OH excluding ortho intramolecular Hbond substituents is 1. The Hall–Kier alpha value is -2.37. The van der Waals surface area contributed by atoms with Crippen LogP contribution < -0.4 is 9.64 Å². The van der Waals surface area contributed by atoms with E-state index in [0.717, 1.165) is 63.0 Å². The number of aryl methyl sites for hydroxylation is 1. The molecule has 2 rings (SSSR count). The number of unbranched alkanes of at least 4 members (excludes halogenated alkanes) is 2. The number of anilines is 1. The fraction of sp³-hybridized carbons (Fsp3) is 0.667. The molecule has 1 N–H and O–H groups in total. The van der Waals surface area contributed by atoms with Crippen LogP contribution in [0.25, 0.3) is 0 Å². The highest BCUT2D eigenvalue weighted by Crippen LogP contribution is 2.30. The predicted octanol–water partition coefficient (Wildman–Crippen LogP) is 7.67. The molecule has 0 unspecified atom stereocenters. The van der Waals surface area contributed by atoms with Crippen molar-refractivity contribution in [1.29, 1.82) is 0 Å². The van der Waals surface area contributed by atoms with Crippen LogP contribution in [-0.4, -0.2) is 34.3 Å². The van der Waals surface area contributed by atoms with Crippen LogP contribution in [0, 0.1) is 11.7 Å². The number of aromatic nitrogens is 2. The van der Waals surface area contributed by atoms with Crippen molar-refractivity contribution < 1.29 is 14.2 Å². The van der Waals surface area contributed by atoms with Crippen LogP contribution in [-0.2, 0) is 19.3 Å². The van der Waals surface area contributed by atoms with Gasteiger partial charge >= 0.3 is 6.01 Å². The number of hydrogen-bond acceptors (Lipinski definition) is 5. The van der Waals surface area contributed by atoms with Gasteiger partial charge in [0.1, 0.15) is 17.4 Å². The molecule has 0 saturated heterocycles. The molecule has 0 aliphatic rings. The fourth-order valence-electron chi connectivity index (χ4n) is 4.59. The van der Waals surface area contributed by atoms with E-state index >= 15 is 0 Å². The average molecular weight is 502 g/mol. The molecule has 0 amide bonds. The van der Waals surface area contributed by atoms with E-state index in [1.54, 1.807) is 6.07 Å². The first-order valence-corrected chi connectivity index (χ1v) is 14.1. The van der Waals surface area contributed by atoms with Gasteiger partial charge in [-0.15, -0.1) is 0 Å². The summed E-state index contributed by atoms with van der Waals surface area (Å²) in [5.41, 5.74) is 2.61. The number of halogens is 1. The molecule has 2 aromatic rings. The molecule has 1 heterocycles. The molecule has 36 heavy (non-hydrogen) atoms. The Morgan fingerprint density at radius 2 is 1.69 bits per heavy atom. The van der Waals surface area contributed by atoms with Gasteiger partial charge in [0.05, 0.1) is 12.3 Å². The molecule has 0 bridgehead atoms. The second kappa shape index (κ2) is 15.7. The van der Waals surface area contributed by atoms with Crippen LogP contribution in [0.15, 0.2) is 18.2 Å². The standard InChI is InChI=1S/C30H48FN3O2/c1-7-11-15-22(5)21-36-30-32-27(10-4)25(29(33-30)34(20-8-2)23(6)9-3)17-13-12-16-24-26(31)18-14-19-28(24)35/h14,18-19,22-23,35H,7-13,15-17,20-21H2,1-6H3/t22-,23-/m0/s1. The topological polar surface area (TPSA) is 58.5 Å². The van der Waals surface area contributed by atoms with E-state index in [2.05, 4.69) is 46.4 Å². The third kappa shape index (κ3) is 8.63. The van der Waals surface area contributed by atoms with Gasteiger partial charge in [-0.3, -0.25) is 0 Å². The predicted molar refractivity (Wildman–Crippen MR) is 148 cm³/mol. The maximum absolute atomic E-state index is 14.1. The Kier molecular flexibility index (Phi) is 13.0. The lowest BCUT2D eigenvalue weighted by Crippen LogP contribution is -2.35. The van der Waals surface area contributed by atoms with Crippen molar-refractivity contribution in [2.75, 3.05) is 18.1 Å². The van der Waals surface area contributed by atoms with E-state index < -0.39 is 0 Å². The van der Waals surface area contributed by atoms with Crippen molar-refractivity contribution in [1.82, 2.24) is 9.97 Å². The lowest BCUT2D eigenvalue weighted by atomic mass is 10.0. The molecule has 0 radical (unpaired) electrons. The van der Waals surface area contributed by atoms with Crippen LogP contribution in [0.1, 0.15) is 103 Å². The summed E-state index contributed by atoms with van der Waals surface area (Å²) in [6.07, 6.45) is 9.39. The van der Waals surface area contributed by atoms with Crippen molar-refractivity contribution in [3.8, 4) is 11.8 Å². The SMILES string of the molecule is CCCC[C@H](C)COc1nc(CC)c(CCCCc2c(O)cccc2F)c(N(CCC)[C@@H](C)CC)n1. The summed E-state index contributed by atoms with van der Waals surface area (Å²) in [5.74, 6) is 1.16. The zero-order valence-corrected chi connectivity index (χ0v) is 23.4. The van der Waals surface area contributed by atoms with E-state index in [0.29, 0.717) is 36.6 Å². The van der Waals surface area contributed by atoms with Crippen LogP contribution in [0.5, 0.6) is 11.8 Å². The number of ether oxygens (including phenoxy) is 1. The fourth-order valence-corrected chi connectivity index (χ4v) is 4.59. The molecular weight excluding hydrogens is 453 g/mol. The van der Waals surface area contributed by atoms with Crippen molar-refractivity contribution in [2.45, 2.75) is 112 Å². The summed E-state index contributed by atoms with van der Waals surface area (Å²) < 4.78 is 20.3. The van der Waals surface area contributed by atoms with Gasteiger partial charge in [-0.25, -0.2) is 4.39 Å². The van der Waals surface area contributed by atoms with E-state index in [4.69, 9.17) is 14.7 Å². The summed E-state index contributed by atoms with van der Waals surface area (Å²) >= 11 is 0. The molecule has 0 saturated carbocycles. The van der Waals surface area contributed by atoms with E-state index in [-0.39, 0.29) is 11.6 Å². The summed E-state index contributed by atoms with van der Waals surface area (Å²) in [6.45, 7) is 14.8. The maximum atomic E-state index is 14.1. The Bertz CT molecular complexity index is 901. The lowest BCUT2D eigenvalue weighted by molar-refractivity contribution is 0.231. The summed E-state index contributed by atoms with van der Waals surface area (Å²) in [5, 5.41) is 10.0. The highest BCUT2D eigenvalue weighted by molar-refractivity contribution is 5.51. The number of rotatable bonds is 17. The first-order valence-electron chi connectivity index (χ1n) is 14.1. The molecule has 2 atom stereocenters. The molecule has 1 aromatic heterocycles. The minimum Gasteiger partial charge on any atom is -0.508 e. The Morgan fingerprint density at radius 3 is 2.31 bits per heavy atom. The highest BCUT2D eigenvalue weighted by Gasteiger charge is 2.22. The maximum Gasteiger partial charge on any atom is 0.318 e. The van der Waals surface area contributed by atoms with Gasteiger partial charge in [0.2, 0.25) is 0 Å². The van der Waals surface area contributed by atoms with Crippen molar-refractivity contribution in [3.63, 3.8) is 0 Å². The molecular formula is C30H48FN3O2. The van der Waals surface area contributed by atoms with E-state index in [1.807, 2.05) is 0 Å². The third-order valence-corrected chi connectivity index (χ3v) is 6.99. The zero-order chi connectivity index (χ0) is 26.5. The second-order valence-corrected chi connectivity index (χ2v) is 10.1. The Labute approximate surface area is 218 Å². The van der Waals surface area contributed by atoms with Gasteiger partial charge < -0.3 is 14.7 Å². The van der Waals surface area contributed by atoms with Gasteiger partial charge in [0.15, 0.2) is 0 Å². The van der Waals surface area contributed by atoms with Gasteiger partial charge in [-0.2, -0.15) is 9.97 Å². The largest absolute Gasteiger partial charge is 0.508 e. The molecule has 0 aliphatic carbocycles. The van der Waals surface area contributed by atoms with Crippen molar-refractivity contribution in [2.24, 2.45) is 5.92 Å². The van der Waals surface area contributed by atoms with Crippen LogP contribution in [0.4, 0.5) is 10.2 Å². The highest BCUT2D eigenvalue weighted by atomic mass is 19.1. The number of nitrogens with zero attached hydrogens (tertiary/aromatic N) is 3. The second-order valence-electron chi connectivity index (χ2n) is 10.1. The third-order valence-electron chi connectivity index (χ3n) is 6.99. The van der Waals surface area contributed by atoms with Crippen LogP contribution >= 0.6 is 0 Å². The van der Waals surface area contributed by atoms with Gasteiger partial charge in [0, 0.05) is 23.7 Å². The van der Waals surface area contributed by atoms with Crippen molar-refractivity contribution >= 4 is 5.82 Å². The Morgan fingerprint density at radius 1 is 0.972 bits per heavy atom. The lowest BCUT2D eigenvalue weighted by Gasteiger charge is -2.32. The van der Waals surface area contributed by atoms with Crippen LogP contribution in [0.2, 0.25) is 0 Å². The molecule has 5 nitrogen and oxygen atoms in total. The van der Waals surface area contributed by atoms with Gasteiger partial charge in [0.25, 0.3) is 0 Å². The number of aromatic hydroxyl groups is 1. The van der Waals surface area contributed by atoms with E-state index in [9.17, 15) is 9.50 Å². The van der Waals surface area contributed by atoms with Gasteiger partial charge in [-0.05, 0) is 76.3 Å². The molecule has 1 aromatic carbocycles. The quantitative estimate of drug-likeness (QED) is 0.225. The smallest absolute Gasteiger partial charge is 0.318 e. The molecule has 0 aliphatic heterocycles. The molecule has 202 valence electrons. The monoisotopic (exact) mass is 501 g/mol. The molecule has 0 spiro atoms. The van der Waals surface area contributed by atoms with E-state index in [1.165, 1.54) is 30.5 Å². The van der Waals surface area contributed by atoms with Gasteiger partial charge in [-0.1, -0.05) is 53.5 Å². The number of hydrogen-bond donors (Lipinski definition) is 1. The zero-order valence-electron chi connectivity index (χ0n) is 23.4. The van der Waals surface area contributed by atoms with Crippen LogP contribution in [0.3, 0.4) is 0 Å². The summed E-state index contributed by atoms with van der Waals surface area (Å²) in [4.78, 5) is 12.2. The Balaban J connectivity index is 2.28. The first kappa shape index (κ1) is 29.9. The number of benzene rings is 1. The molecule has 6 heteroatoms. The van der Waals surface area contributed by atoms with Crippen molar-refractivity contribution in [3.05, 3.63) is 40.8 Å². The molecule has 0 fully saturated rings. The minimum atomic E-state index is -0.339. The summed E-state index contributed by atoms with van der Waals surface area (Å²) in [7, 11) is 0. The first-order chi connectivity index (χ1) is 17.4. The minimum absolute atomic E-state index is 0.0360. The average Bonchev–Trinajstić information content (AvgIpc) is 2.88. The number of phenols is 1. The summed E-state index contributed by atoms with van der Waals surface area (Å²) in [6, 6.07) is 5.34. The normalized spacial score (nSPS) is 13.0.